The van der Waals surface area contributed by atoms with Gasteiger partial charge in [-0.2, -0.15) is 0 Å². The van der Waals surface area contributed by atoms with Gasteiger partial charge in [-0.25, -0.2) is 0 Å². The number of rotatable bonds is 4. The van der Waals surface area contributed by atoms with Gasteiger partial charge in [0.25, 0.3) is 0 Å². The summed E-state index contributed by atoms with van der Waals surface area (Å²) in [6.45, 7) is 1.91. The predicted molar refractivity (Wildman–Crippen MR) is 66.9 cm³/mol. The number of thiophene rings is 2. The molecular weight excluding hydrogens is 278 g/mol. The molecule has 0 saturated carbocycles. The first-order chi connectivity index (χ1) is 6.84. The summed E-state index contributed by atoms with van der Waals surface area (Å²) in [5.74, 6) is 0. The second kappa shape index (κ2) is 5.07. The second-order valence-corrected chi connectivity index (χ2v) is 6.26. The van der Waals surface area contributed by atoms with E-state index in [1.807, 2.05) is 0 Å². The summed E-state index contributed by atoms with van der Waals surface area (Å²) in [6.07, 6.45) is 0. The van der Waals surface area contributed by atoms with Crippen molar-refractivity contribution in [2.24, 2.45) is 0 Å². The van der Waals surface area contributed by atoms with E-state index in [2.05, 4.69) is 50.2 Å². The number of nitrogens with one attached hydrogen (secondary N) is 1. The molecule has 2 heterocycles. The fourth-order valence-corrected chi connectivity index (χ4v) is 3.07. The summed E-state index contributed by atoms with van der Waals surface area (Å²) < 4.78 is 1.20. The maximum Gasteiger partial charge on any atom is 0.0701 e. The topological polar surface area (TPSA) is 12.0 Å². The highest BCUT2D eigenvalue weighted by atomic mass is 79.9. The van der Waals surface area contributed by atoms with E-state index in [1.165, 1.54) is 14.2 Å². The molecule has 1 nitrogen and oxygen atoms in total. The minimum atomic E-state index is 0.944. The molecule has 0 unspecified atom stereocenters. The fraction of sp³-hybridized carbons (Fsp3) is 0.200. The molecule has 0 aliphatic carbocycles. The van der Waals surface area contributed by atoms with Crippen LogP contribution in [-0.4, -0.2) is 0 Å². The van der Waals surface area contributed by atoms with Crippen molar-refractivity contribution in [3.05, 3.63) is 43.2 Å². The fourth-order valence-electron chi connectivity index (χ4n) is 1.18. The smallest absolute Gasteiger partial charge is 0.0701 e. The van der Waals surface area contributed by atoms with Crippen LogP contribution in [0.5, 0.6) is 0 Å². The largest absolute Gasteiger partial charge is 0.308 e. The Balaban J connectivity index is 1.78. The van der Waals surface area contributed by atoms with Gasteiger partial charge in [0.1, 0.15) is 0 Å². The standard InChI is InChI=1S/C10H10BrNS2/c11-10-4-8(7-14-10)5-12-6-9-2-1-3-13-9/h1-4,7,12H,5-6H2. The normalized spacial score (nSPS) is 10.6. The monoisotopic (exact) mass is 287 g/mol. The van der Waals surface area contributed by atoms with Gasteiger partial charge in [-0.05, 0) is 44.4 Å². The van der Waals surface area contributed by atoms with Crippen LogP contribution in [0.4, 0.5) is 0 Å². The third-order valence-corrected chi connectivity index (χ3v) is 4.26. The molecule has 0 fully saturated rings. The molecular formula is C10H10BrNS2. The molecule has 0 bridgehead atoms. The molecule has 0 radical (unpaired) electrons. The zero-order valence-corrected chi connectivity index (χ0v) is 10.7. The lowest BCUT2D eigenvalue weighted by Gasteiger charge is -1.99. The Morgan fingerprint density at radius 2 is 2.21 bits per heavy atom. The quantitative estimate of drug-likeness (QED) is 0.900. The van der Waals surface area contributed by atoms with Gasteiger partial charge in [-0.1, -0.05) is 6.07 Å². The van der Waals surface area contributed by atoms with Crippen molar-refractivity contribution in [2.75, 3.05) is 0 Å². The summed E-state index contributed by atoms with van der Waals surface area (Å²) in [4.78, 5) is 1.39. The molecule has 0 atom stereocenters. The molecule has 1 N–H and O–H groups in total. The molecule has 74 valence electrons. The van der Waals surface area contributed by atoms with Crippen LogP contribution in [0.15, 0.2) is 32.7 Å². The van der Waals surface area contributed by atoms with Gasteiger partial charge in [0, 0.05) is 18.0 Å². The Bertz CT molecular complexity index is 380. The van der Waals surface area contributed by atoms with Crippen LogP contribution in [0, 0.1) is 0 Å². The van der Waals surface area contributed by atoms with E-state index in [9.17, 15) is 0 Å². The first-order valence-electron chi connectivity index (χ1n) is 4.30. The molecule has 0 aromatic carbocycles. The van der Waals surface area contributed by atoms with Crippen molar-refractivity contribution in [3.63, 3.8) is 0 Å². The van der Waals surface area contributed by atoms with Crippen LogP contribution in [-0.2, 0) is 13.1 Å². The SMILES string of the molecule is Brc1cc(CNCc2cccs2)cs1. The van der Waals surface area contributed by atoms with Gasteiger partial charge in [0.05, 0.1) is 3.79 Å². The van der Waals surface area contributed by atoms with Crippen molar-refractivity contribution in [3.8, 4) is 0 Å². The van der Waals surface area contributed by atoms with E-state index < -0.39 is 0 Å². The minimum absolute atomic E-state index is 0.944. The molecule has 0 amide bonds. The average Bonchev–Trinajstić information content (AvgIpc) is 2.77. The van der Waals surface area contributed by atoms with E-state index in [0.29, 0.717) is 0 Å². The van der Waals surface area contributed by atoms with Crippen molar-refractivity contribution in [1.29, 1.82) is 0 Å². The average molecular weight is 288 g/mol. The zero-order chi connectivity index (χ0) is 9.80. The van der Waals surface area contributed by atoms with Crippen molar-refractivity contribution in [1.82, 2.24) is 5.32 Å². The summed E-state index contributed by atoms with van der Waals surface area (Å²) in [7, 11) is 0. The van der Waals surface area contributed by atoms with Gasteiger partial charge in [0.15, 0.2) is 0 Å². The summed E-state index contributed by atoms with van der Waals surface area (Å²) >= 11 is 6.98. The third-order valence-electron chi connectivity index (χ3n) is 1.83. The maximum atomic E-state index is 3.46. The first kappa shape index (κ1) is 10.4. The van der Waals surface area contributed by atoms with E-state index in [-0.39, 0.29) is 0 Å². The van der Waals surface area contributed by atoms with E-state index >= 15 is 0 Å². The Morgan fingerprint density at radius 1 is 1.29 bits per heavy atom. The minimum Gasteiger partial charge on any atom is -0.308 e. The highest BCUT2D eigenvalue weighted by Crippen LogP contribution is 2.20. The number of hydrogen-bond acceptors (Lipinski definition) is 3. The molecule has 14 heavy (non-hydrogen) atoms. The van der Waals surface area contributed by atoms with E-state index in [4.69, 9.17) is 0 Å². The highest BCUT2D eigenvalue weighted by molar-refractivity contribution is 9.11. The van der Waals surface area contributed by atoms with Crippen LogP contribution in [0.3, 0.4) is 0 Å². The first-order valence-corrected chi connectivity index (χ1v) is 6.86. The Hall–Kier alpha value is -0.160. The molecule has 0 spiro atoms. The summed E-state index contributed by atoms with van der Waals surface area (Å²) in [5.41, 5.74) is 1.35. The van der Waals surface area contributed by atoms with Gasteiger partial charge < -0.3 is 5.32 Å². The van der Waals surface area contributed by atoms with Gasteiger partial charge in [-0.3, -0.25) is 0 Å². The van der Waals surface area contributed by atoms with Crippen LogP contribution < -0.4 is 5.32 Å². The molecule has 0 aliphatic rings. The molecule has 0 aliphatic heterocycles. The summed E-state index contributed by atoms with van der Waals surface area (Å²) in [6, 6.07) is 6.40. The number of halogens is 1. The van der Waals surface area contributed by atoms with E-state index in [0.717, 1.165) is 13.1 Å². The zero-order valence-electron chi connectivity index (χ0n) is 7.50. The Morgan fingerprint density at radius 3 is 2.86 bits per heavy atom. The lowest BCUT2D eigenvalue weighted by atomic mass is 10.3. The van der Waals surface area contributed by atoms with Gasteiger partial charge >= 0.3 is 0 Å². The molecule has 2 rings (SSSR count). The highest BCUT2D eigenvalue weighted by Gasteiger charge is 1.97. The third kappa shape index (κ3) is 2.92. The lowest BCUT2D eigenvalue weighted by Crippen LogP contribution is -2.10. The summed E-state index contributed by atoms with van der Waals surface area (Å²) in [5, 5.41) is 7.70. The van der Waals surface area contributed by atoms with Crippen LogP contribution >= 0.6 is 38.6 Å². The molecule has 0 saturated heterocycles. The Kier molecular flexibility index (Phi) is 3.75. The van der Waals surface area contributed by atoms with Crippen LogP contribution in [0.1, 0.15) is 10.4 Å². The van der Waals surface area contributed by atoms with Crippen molar-refractivity contribution < 1.29 is 0 Å². The molecule has 2 aromatic rings. The van der Waals surface area contributed by atoms with Crippen LogP contribution in [0.25, 0.3) is 0 Å². The molecule has 4 heteroatoms. The van der Waals surface area contributed by atoms with E-state index in [1.54, 1.807) is 22.7 Å². The number of hydrogen-bond donors (Lipinski definition) is 1. The van der Waals surface area contributed by atoms with Crippen LogP contribution in [0.2, 0.25) is 0 Å². The predicted octanol–water partition coefficient (Wildman–Crippen LogP) is 3.86. The Labute approximate surface area is 99.9 Å². The van der Waals surface area contributed by atoms with Crippen molar-refractivity contribution >= 4 is 38.6 Å². The second-order valence-electron chi connectivity index (χ2n) is 2.94. The lowest BCUT2D eigenvalue weighted by molar-refractivity contribution is 0.702. The van der Waals surface area contributed by atoms with Gasteiger partial charge in [-0.15, -0.1) is 22.7 Å². The van der Waals surface area contributed by atoms with Gasteiger partial charge in [0.2, 0.25) is 0 Å². The maximum absolute atomic E-state index is 3.46. The molecule has 2 aromatic heterocycles. The van der Waals surface area contributed by atoms with Crippen molar-refractivity contribution in [2.45, 2.75) is 13.1 Å².